The van der Waals surface area contributed by atoms with E-state index in [9.17, 15) is 9.18 Å². The average molecular weight is 498 g/mol. The van der Waals surface area contributed by atoms with Crippen molar-refractivity contribution >= 4 is 33.7 Å². The number of fused-ring (bicyclic) bond motifs is 2. The number of hydrogen-bond donors (Lipinski definition) is 1. The molecule has 6 rings (SSSR count). The van der Waals surface area contributed by atoms with Crippen molar-refractivity contribution in [2.24, 2.45) is 0 Å². The Hall–Kier alpha value is -4.44. The number of nitrogens with two attached hydrogens (primary N) is 1. The van der Waals surface area contributed by atoms with Crippen LogP contribution in [0.4, 0.5) is 10.2 Å². The molecule has 2 N–H and O–H groups in total. The number of amides is 1. The van der Waals surface area contributed by atoms with Crippen LogP contribution in [0.2, 0.25) is 0 Å². The summed E-state index contributed by atoms with van der Waals surface area (Å²) in [6, 6.07) is 15.4. The molecular formula is C27H24FN7O2. The maximum atomic E-state index is 13.7. The molecule has 0 atom stereocenters. The third-order valence-electron chi connectivity index (χ3n) is 6.69. The van der Waals surface area contributed by atoms with E-state index < -0.39 is 0 Å². The second-order valence-corrected chi connectivity index (χ2v) is 9.12. The van der Waals surface area contributed by atoms with Gasteiger partial charge in [0.15, 0.2) is 0 Å². The minimum absolute atomic E-state index is 0.118. The van der Waals surface area contributed by atoms with Crippen LogP contribution in [-0.2, 0) is 6.54 Å². The average Bonchev–Trinajstić information content (AvgIpc) is 3.29. The molecular weight excluding hydrogens is 473 g/mol. The van der Waals surface area contributed by atoms with Gasteiger partial charge in [0.25, 0.3) is 11.6 Å². The molecule has 0 radical (unpaired) electrons. The first-order valence-corrected chi connectivity index (χ1v) is 12.0. The van der Waals surface area contributed by atoms with Crippen molar-refractivity contribution in [3.05, 3.63) is 77.5 Å². The lowest BCUT2D eigenvalue weighted by atomic mass is 10.0. The highest BCUT2D eigenvalue weighted by Gasteiger charge is 2.27. The van der Waals surface area contributed by atoms with Crippen molar-refractivity contribution in [2.45, 2.75) is 13.5 Å². The van der Waals surface area contributed by atoms with Gasteiger partial charge in [0, 0.05) is 37.1 Å². The lowest BCUT2D eigenvalue weighted by Crippen LogP contribution is -2.48. The Morgan fingerprint density at radius 3 is 2.57 bits per heavy atom. The summed E-state index contributed by atoms with van der Waals surface area (Å²) in [7, 11) is 0. The number of nitrogen functional groups attached to an aromatic ring is 1. The molecule has 1 aliphatic rings. The fourth-order valence-corrected chi connectivity index (χ4v) is 4.73. The van der Waals surface area contributed by atoms with Gasteiger partial charge in [0.05, 0.1) is 34.4 Å². The van der Waals surface area contributed by atoms with Gasteiger partial charge in [-0.15, -0.1) is 0 Å². The fraction of sp³-hybridized carbons (Fsp3) is 0.222. The summed E-state index contributed by atoms with van der Waals surface area (Å²) in [5.74, 6) is 0.673. The summed E-state index contributed by atoms with van der Waals surface area (Å²) in [6.07, 6.45) is 0. The number of carbonyl (C=O) groups excluding carboxylic acids is 1. The smallest absolute Gasteiger partial charge is 0.259 e. The van der Waals surface area contributed by atoms with Crippen LogP contribution in [0.25, 0.3) is 33.3 Å². The zero-order valence-corrected chi connectivity index (χ0v) is 20.2. The topological polar surface area (TPSA) is 114 Å². The maximum absolute atomic E-state index is 13.7. The molecule has 1 saturated heterocycles. The van der Waals surface area contributed by atoms with E-state index in [4.69, 9.17) is 10.3 Å². The summed E-state index contributed by atoms with van der Waals surface area (Å²) in [4.78, 5) is 31.3. The molecule has 10 heteroatoms. The van der Waals surface area contributed by atoms with Crippen molar-refractivity contribution in [1.82, 2.24) is 29.9 Å². The first-order valence-electron chi connectivity index (χ1n) is 12.0. The molecule has 186 valence electrons. The van der Waals surface area contributed by atoms with Crippen molar-refractivity contribution in [1.29, 1.82) is 0 Å². The van der Waals surface area contributed by atoms with Gasteiger partial charge in [-0.2, -0.15) is 0 Å². The lowest BCUT2D eigenvalue weighted by molar-refractivity contribution is 0.0627. The SMILES string of the molecule is Cc1noc2nc(-c3ccc(F)cc3)cc(C(=O)N3CCN(Cc4nc(N)c5ccccc5n4)CC3)c12. The quantitative estimate of drug-likeness (QED) is 0.399. The van der Waals surface area contributed by atoms with Crippen LogP contribution >= 0.6 is 0 Å². The van der Waals surface area contributed by atoms with E-state index in [1.54, 1.807) is 25.1 Å². The van der Waals surface area contributed by atoms with Crippen LogP contribution in [0.5, 0.6) is 0 Å². The van der Waals surface area contributed by atoms with Crippen molar-refractivity contribution in [3.63, 3.8) is 0 Å². The predicted octanol–water partition coefficient (Wildman–Crippen LogP) is 3.82. The second kappa shape index (κ2) is 9.21. The third-order valence-corrected chi connectivity index (χ3v) is 6.69. The highest BCUT2D eigenvalue weighted by atomic mass is 19.1. The van der Waals surface area contributed by atoms with E-state index in [1.165, 1.54) is 12.1 Å². The van der Waals surface area contributed by atoms with Gasteiger partial charge in [0.1, 0.15) is 17.5 Å². The first kappa shape index (κ1) is 23.0. The van der Waals surface area contributed by atoms with Crippen LogP contribution in [0.3, 0.4) is 0 Å². The molecule has 9 nitrogen and oxygen atoms in total. The number of hydrogen-bond acceptors (Lipinski definition) is 8. The van der Waals surface area contributed by atoms with Gasteiger partial charge < -0.3 is 15.2 Å². The third kappa shape index (κ3) is 4.36. The van der Waals surface area contributed by atoms with Crippen LogP contribution in [0.15, 0.2) is 59.1 Å². The van der Waals surface area contributed by atoms with Gasteiger partial charge in [-0.05, 0) is 49.4 Å². The van der Waals surface area contributed by atoms with Crippen LogP contribution in [0.1, 0.15) is 21.9 Å². The number of nitrogens with zero attached hydrogens (tertiary/aromatic N) is 6. The number of benzene rings is 2. The number of aryl methyl sites for hydroxylation is 1. The number of aromatic nitrogens is 4. The Balaban J connectivity index is 1.21. The van der Waals surface area contributed by atoms with E-state index in [0.29, 0.717) is 72.3 Å². The summed E-state index contributed by atoms with van der Waals surface area (Å²) in [6.45, 7) is 4.77. The standard InChI is InChI=1S/C27H24FN7O2/c1-16-24-20(14-22(31-26(24)37-33-16)17-6-8-18(28)9-7-17)27(36)35-12-10-34(11-13-35)15-23-30-21-5-3-2-4-19(21)25(29)32-23/h2-9,14H,10-13,15H2,1H3,(H2,29,30,32). The molecule has 1 fully saturated rings. The van der Waals surface area contributed by atoms with Gasteiger partial charge >= 0.3 is 0 Å². The molecule has 0 unspecified atom stereocenters. The number of pyridine rings is 1. The number of halogens is 1. The fourth-order valence-electron chi connectivity index (χ4n) is 4.73. The minimum atomic E-state index is -0.341. The summed E-state index contributed by atoms with van der Waals surface area (Å²) < 4.78 is 18.8. The Labute approximate surface area is 211 Å². The van der Waals surface area contributed by atoms with E-state index >= 15 is 0 Å². The molecule has 2 aromatic carbocycles. The molecule has 0 aliphatic carbocycles. The van der Waals surface area contributed by atoms with E-state index in [-0.39, 0.29) is 17.4 Å². The highest BCUT2D eigenvalue weighted by molar-refractivity contribution is 6.07. The summed E-state index contributed by atoms with van der Waals surface area (Å²) in [5, 5.41) is 5.46. The minimum Gasteiger partial charge on any atom is -0.383 e. The number of anilines is 1. The molecule has 3 aromatic heterocycles. The molecule has 0 saturated carbocycles. The summed E-state index contributed by atoms with van der Waals surface area (Å²) >= 11 is 0. The Kier molecular flexibility index (Phi) is 5.72. The molecule has 0 bridgehead atoms. The van der Waals surface area contributed by atoms with Crippen LogP contribution < -0.4 is 5.73 Å². The largest absolute Gasteiger partial charge is 0.383 e. The van der Waals surface area contributed by atoms with Crippen LogP contribution in [0, 0.1) is 12.7 Å². The molecule has 1 aliphatic heterocycles. The van der Waals surface area contributed by atoms with Crippen molar-refractivity contribution < 1.29 is 13.7 Å². The normalized spacial score (nSPS) is 14.5. The van der Waals surface area contributed by atoms with E-state index in [0.717, 1.165) is 10.9 Å². The monoisotopic (exact) mass is 497 g/mol. The lowest BCUT2D eigenvalue weighted by Gasteiger charge is -2.34. The van der Waals surface area contributed by atoms with Crippen molar-refractivity contribution in [2.75, 3.05) is 31.9 Å². The predicted molar refractivity (Wildman–Crippen MR) is 137 cm³/mol. The Morgan fingerprint density at radius 2 is 1.78 bits per heavy atom. The molecule has 37 heavy (non-hydrogen) atoms. The number of para-hydroxylation sites is 1. The first-order chi connectivity index (χ1) is 18.0. The highest BCUT2D eigenvalue weighted by Crippen LogP contribution is 2.28. The number of carbonyl (C=O) groups is 1. The molecule has 4 heterocycles. The van der Waals surface area contributed by atoms with Gasteiger partial charge in [0.2, 0.25) is 0 Å². The summed E-state index contributed by atoms with van der Waals surface area (Å²) in [5.41, 5.74) is 9.53. The van der Waals surface area contributed by atoms with Gasteiger partial charge in [-0.25, -0.2) is 19.3 Å². The number of piperazine rings is 1. The van der Waals surface area contributed by atoms with E-state index in [2.05, 4.69) is 25.0 Å². The zero-order valence-electron chi connectivity index (χ0n) is 20.2. The zero-order chi connectivity index (χ0) is 25.5. The number of rotatable bonds is 4. The molecule has 1 amide bonds. The Bertz CT molecular complexity index is 1630. The molecule has 0 spiro atoms. The molecule has 5 aromatic rings. The maximum Gasteiger partial charge on any atom is 0.259 e. The van der Waals surface area contributed by atoms with Gasteiger partial charge in [-0.1, -0.05) is 17.3 Å². The Morgan fingerprint density at radius 1 is 1.03 bits per heavy atom. The second-order valence-electron chi connectivity index (χ2n) is 9.12. The van der Waals surface area contributed by atoms with Crippen LogP contribution in [-0.4, -0.2) is 62.0 Å². The van der Waals surface area contributed by atoms with Gasteiger partial charge in [-0.3, -0.25) is 9.69 Å². The van der Waals surface area contributed by atoms with Crippen molar-refractivity contribution in [3.8, 4) is 11.3 Å². The van der Waals surface area contributed by atoms with E-state index in [1.807, 2.05) is 29.2 Å².